The molecule has 0 rings (SSSR count). The summed E-state index contributed by atoms with van der Waals surface area (Å²) in [6.45, 7) is 2.71. The number of thiol groups is 2. The van der Waals surface area contributed by atoms with Crippen molar-refractivity contribution in [2.75, 3.05) is 26.2 Å². The van der Waals surface area contributed by atoms with Crippen LogP contribution in [0.15, 0.2) is 0 Å². The Hall–Kier alpha value is 1.44. The molecule has 0 aliphatic carbocycles. The van der Waals surface area contributed by atoms with Crippen molar-refractivity contribution >= 4 is 87.9 Å². The molecule has 0 aromatic heterocycles. The maximum atomic E-state index is 5.40. The summed E-state index contributed by atoms with van der Waals surface area (Å²) in [7, 11) is 0. The molecular formula is C6H13N3NaS4. The van der Waals surface area contributed by atoms with Gasteiger partial charge in [0.2, 0.25) is 0 Å². The quantitative estimate of drug-likeness (QED) is 0.321. The van der Waals surface area contributed by atoms with Gasteiger partial charge in [-0.2, -0.15) is 0 Å². The summed E-state index contributed by atoms with van der Waals surface area (Å²) in [5.74, 6) is 0. The van der Waals surface area contributed by atoms with Crippen molar-refractivity contribution in [3.05, 3.63) is 0 Å². The van der Waals surface area contributed by atoms with Gasteiger partial charge in [-0.1, -0.05) is 24.4 Å². The van der Waals surface area contributed by atoms with Gasteiger partial charge in [0, 0.05) is 55.7 Å². The minimum Gasteiger partial charge on any atom is -0.369 e. The molecule has 0 aliphatic heterocycles. The molecule has 0 fully saturated rings. The number of rotatable bonds is 5. The summed E-state index contributed by atoms with van der Waals surface area (Å²) in [5.41, 5.74) is 5.40. The molecule has 77 valence electrons. The number of thiocarbonyl (C=S) groups is 2. The number of hydrogen-bond donors (Lipinski definition) is 4. The maximum absolute atomic E-state index is 5.40. The van der Waals surface area contributed by atoms with Crippen LogP contribution in [-0.2, 0) is 0 Å². The molecule has 0 atom stereocenters. The number of hydrogen-bond acceptors (Lipinski definition) is 3. The maximum Gasteiger partial charge on any atom is 0.133 e. The summed E-state index contributed by atoms with van der Waals surface area (Å²) in [4.78, 5) is 1.90. The average molecular weight is 278 g/mol. The van der Waals surface area contributed by atoms with E-state index in [2.05, 4.69) is 30.6 Å². The number of nitrogens with one attached hydrogen (secondary N) is 1. The van der Waals surface area contributed by atoms with E-state index in [1.54, 1.807) is 0 Å². The van der Waals surface area contributed by atoms with Crippen LogP contribution in [0.1, 0.15) is 0 Å². The van der Waals surface area contributed by atoms with Gasteiger partial charge in [0.15, 0.2) is 0 Å². The Labute approximate surface area is 129 Å². The summed E-state index contributed by atoms with van der Waals surface area (Å²) >= 11 is 17.7. The predicted molar refractivity (Wildman–Crippen MR) is 77.6 cm³/mol. The molecule has 3 nitrogen and oxygen atoms in total. The fraction of sp³-hybridized carbons (Fsp3) is 0.667. The largest absolute Gasteiger partial charge is 0.369 e. The van der Waals surface area contributed by atoms with Crippen molar-refractivity contribution in [1.29, 1.82) is 0 Å². The second-order valence-corrected chi connectivity index (χ2v) is 4.56. The van der Waals surface area contributed by atoms with Crippen molar-refractivity contribution < 1.29 is 0 Å². The van der Waals surface area contributed by atoms with E-state index in [1.165, 1.54) is 0 Å². The first-order valence-electron chi connectivity index (χ1n) is 3.72. The van der Waals surface area contributed by atoms with E-state index in [9.17, 15) is 0 Å². The zero-order valence-electron chi connectivity index (χ0n) is 8.06. The van der Waals surface area contributed by atoms with E-state index in [0.29, 0.717) is 28.3 Å². The molecule has 0 aromatic carbocycles. The molecule has 14 heavy (non-hydrogen) atoms. The molecule has 0 saturated heterocycles. The molecular weight excluding hydrogens is 265 g/mol. The first kappa shape index (κ1) is 17.8. The molecule has 0 bridgehead atoms. The van der Waals surface area contributed by atoms with E-state index >= 15 is 0 Å². The number of nitrogens with two attached hydrogens (primary N) is 1. The Morgan fingerprint density at radius 3 is 2.21 bits per heavy atom. The fourth-order valence-electron chi connectivity index (χ4n) is 0.757. The molecule has 0 heterocycles. The van der Waals surface area contributed by atoms with Gasteiger partial charge in [-0.05, 0) is 0 Å². The summed E-state index contributed by atoms with van der Waals surface area (Å²) in [6, 6.07) is 0. The van der Waals surface area contributed by atoms with Crippen LogP contribution >= 0.6 is 49.7 Å². The van der Waals surface area contributed by atoms with Crippen molar-refractivity contribution in [2.24, 2.45) is 5.73 Å². The first-order chi connectivity index (χ1) is 6.07. The molecule has 8 heteroatoms. The van der Waals surface area contributed by atoms with Crippen LogP contribution in [-0.4, -0.2) is 69.3 Å². The van der Waals surface area contributed by atoms with Crippen molar-refractivity contribution in [2.45, 2.75) is 0 Å². The van der Waals surface area contributed by atoms with E-state index in [4.69, 9.17) is 30.2 Å². The third-order valence-corrected chi connectivity index (χ3v) is 2.17. The Balaban J connectivity index is 0. The third kappa shape index (κ3) is 9.97. The van der Waals surface area contributed by atoms with Gasteiger partial charge in [-0.15, -0.1) is 25.3 Å². The monoisotopic (exact) mass is 278 g/mol. The van der Waals surface area contributed by atoms with E-state index < -0.39 is 0 Å². The minimum atomic E-state index is 0. The standard InChI is InChI=1S/C6H13N3S4.Na/c7-1-3-9(6(12)13)4-2-8-5(10)11;/h1-4,7H2,(H,12,13)(H2,8,10,11);. The predicted octanol–water partition coefficient (Wildman–Crippen LogP) is -0.115. The first-order valence-corrected chi connectivity index (χ1v) is 5.43. The van der Waals surface area contributed by atoms with Gasteiger partial charge < -0.3 is 16.0 Å². The zero-order valence-corrected chi connectivity index (χ0v) is 13.5. The van der Waals surface area contributed by atoms with Crippen LogP contribution in [0.25, 0.3) is 0 Å². The summed E-state index contributed by atoms with van der Waals surface area (Å²) in [6.07, 6.45) is 0. The minimum absolute atomic E-state index is 0. The van der Waals surface area contributed by atoms with Gasteiger partial charge in [-0.25, -0.2) is 0 Å². The van der Waals surface area contributed by atoms with Gasteiger partial charge in [0.1, 0.15) is 8.64 Å². The van der Waals surface area contributed by atoms with Crippen LogP contribution < -0.4 is 11.1 Å². The molecule has 0 saturated carbocycles. The third-order valence-electron chi connectivity index (χ3n) is 1.33. The van der Waals surface area contributed by atoms with Crippen LogP contribution in [0.2, 0.25) is 0 Å². The average Bonchev–Trinajstić information content (AvgIpc) is 2.02. The topological polar surface area (TPSA) is 41.3 Å². The molecule has 1 radical (unpaired) electrons. The normalized spacial score (nSPS) is 8.79. The summed E-state index contributed by atoms with van der Waals surface area (Å²) < 4.78 is 1.04. The molecule has 3 N–H and O–H groups in total. The SMILES string of the molecule is NCCN(CCNC(=S)S)C(=S)S.[Na]. The summed E-state index contributed by atoms with van der Waals surface area (Å²) in [5, 5.41) is 2.91. The van der Waals surface area contributed by atoms with Crippen molar-refractivity contribution in [3.8, 4) is 0 Å². The molecule has 0 aromatic rings. The smallest absolute Gasteiger partial charge is 0.133 e. The van der Waals surface area contributed by atoms with Gasteiger partial charge >= 0.3 is 0 Å². The van der Waals surface area contributed by atoms with Crippen molar-refractivity contribution in [1.82, 2.24) is 10.2 Å². The Morgan fingerprint density at radius 1 is 1.29 bits per heavy atom. The zero-order chi connectivity index (χ0) is 10.3. The van der Waals surface area contributed by atoms with Crippen molar-refractivity contribution in [3.63, 3.8) is 0 Å². The molecule has 0 aliphatic rings. The Bertz CT molecular complexity index is 190. The second-order valence-electron chi connectivity index (χ2n) is 2.29. The molecule has 0 unspecified atom stereocenters. The van der Waals surface area contributed by atoms with Gasteiger partial charge in [0.25, 0.3) is 0 Å². The van der Waals surface area contributed by atoms with Crippen LogP contribution in [0.5, 0.6) is 0 Å². The molecule has 0 spiro atoms. The Morgan fingerprint density at radius 2 is 1.86 bits per heavy atom. The number of nitrogens with zero attached hydrogens (tertiary/aromatic N) is 1. The van der Waals surface area contributed by atoms with E-state index in [-0.39, 0.29) is 29.6 Å². The van der Waals surface area contributed by atoms with Gasteiger partial charge in [-0.3, -0.25) is 0 Å². The van der Waals surface area contributed by atoms with E-state index in [0.717, 1.165) is 6.54 Å². The van der Waals surface area contributed by atoms with Crippen LogP contribution in [0.4, 0.5) is 0 Å². The Kier molecular flexibility index (Phi) is 13.9. The van der Waals surface area contributed by atoms with E-state index in [1.807, 2.05) is 4.90 Å². The van der Waals surface area contributed by atoms with Gasteiger partial charge in [0.05, 0.1) is 0 Å². The van der Waals surface area contributed by atoms with Crippen LogP contribution in [0, 0.1) is 0 Å². The fourth-order valence-corrected chi connectivity index (χ4v) is 1.35. The molecule has 0 amide bonds. The van der Waals surface area contributed by atoms with Crippen LogP contribution in [0.3, 0.4) is 0 Å². The second kappa shape index (κ2) is 10.9.